The van der Waals surface area contributed by atoms with Crippen LogP contribution in [-0.4, -0.2) is 49.5 Å². The van der Waals surface area contributed by atoms with Crippen LogP contribution in [0.15, 0.2) is 48.5 Å². The molecule has 1 N–H and O–H groups in total. The molecule has 0 radical (unpaired) electrons. The maximum Gasteiger partial charge on any atom is 0.407 e. The molecule has 1 atom stereocenters. The summed E-state index contributed by atoms with van der Waals surface area (Å²) < 4.78 is 5.69. The second-order valence-electron chi connectivity index (χ2n) is 9.28. The number of amides is 3. The van der Waals surface area contributed by atoms with E-state index in [0.717, 1.165) is 11.1 Å². The average Bonchev–Trinajstić information content (AvgIpc) is 2.83. The van der Waals surface area contributed by atoms with Gasteiger partial charge >= 0.3 is 6.09 Å². The Bertz CT molecular complexity index is 1010. The summed E-state index contributed by atoms with van der Waals surface area (Å²) in [5.74, 6) is -0.430. The Hall–Kier alpha value is -3.35. The van der Waals surface area contributed by atoms with Gasteiger partial charge in [-0.15, -0.1) is 0 Å². The van der Waals surface area contributed by atoms with Crippen molar-refractivity contribution in [3.05, 3.63) is 65.2 Å². The van der Waals surface area contributed by atoms with Crippen molar-refractivity contribution in [2.24, 2.45) is 0 Å². The van der Waals surface area contributed by atoms with Crippen LogP contribution in [0.25, 0.3) is 0 Å². The Kier molecular flexibility index (Phi) is 7.41. The number of nitrogens with one attached hydrogen (secondary N) is 1. The van der Waals surface area contributed by atoms with Crippen LogP contribution in [0.4, 0.5) is 10.5 Å². The third-order valence-electron chi connectivity index (χ3n) is 5.86. The molecule has 1 unspecified atom stereocenters. The van der Waals surface area contributed by atoms with E-state index in [1.165, 1.54) is 9.80 Å². The van der Waals surface area contributed by atoms with Crippen LogP contribution in [-0.2, 0) is 14.9 Å². The predicted octanol–water partition coefficient (Wildman–Crippen LogP) is 4.28. The van der Waals surface area contributed by atoms with E-state index in [2.05, 4.69) is 26.1 Å². The molecule has 33 heavy (non-hydrogen) atoms. The van der Waals surface area contributed by atoms with Crippen molar-refractivity contribution >= 4 is 23.6 Å². The van der Waals surface area contributed by atoms with Crippen molar-refractivity contribution in [3.63, 3.8) is 0 Å². The van der Waals surface area contributed by atoms with Gasteiger partial charge in [-0.25, -0.2) is 4.79 Å². The highest BCUT2D eigenvalue weighted by atomic mass is 16.6. The quantitative estimate of drug-likeness (QED) is 0.756. The van der Waals surface area contributed by atoms with Crippen molar-refractivity contribution < 1.29 is 19.1 Å². The zero-order valence-electron chi connectivity index (χ0n) is 20.1. The Morgan fingerprint density at radius 1 is 1.09 bits per heavy atom. The number of hydrogen-bond acceptors (Lipinski definition) is 4. The number of carbonyl (C=O) groups excluding carboxylic acids is 3. The molecule has 0 bridgehead atoms. The number of alkyl carbamates (subject to hydrolysis) is 1. The van der Waals surface area contributed by atoms with Crippen molar-refractivity contribution in [1.82, 2.24) is 10.2 Å². The van der Waals surface area contributed by atoms with E-state index in [9.17, 15) is 14.4 Å². The van der Waals surface area contributed by atoms with Crippen LogP contribution in [0.5, 0.6) is 0 Å². The highest BCUT2D eigenvalue weighted by molar-refractivity contribution is 6.00. The summed E-state index contributed by atoms with van der Waals surface area (Å²) in [5.41, 5.74) is 3.04. The van der Waals surface area contributed by atoms with E-state index in [1.54, 1.807) is 19.2 Å². The van der Waals surface area contributed by atoms with Crippen LogP contribution >= 0.6 is 0 Å². The van der Waals surface area contributed by atoms with Gasteiger partial charge in [0.1, 0.15) is 12.6 Å². The fraction of sp³-hybridized carbons (Fsp3) is 0.423. The zero-order valence-corrected chi connectivity index (χ0v) is 20.1. The first-order valence-corrected chi connectivity index (χ1v) is 11.3. The van der Waals surface area contributed by atoms with Crippen molar-refractivity contribution in [2.45, 2.75) is 45.6 Å². The highest BCUT2D eigenvalue weighted by Gasteiger charge is 2.29. The second kappa shape index (κ2) is 10.1. The molecule has 3 amide bonds. The summed E-state index contributed by atoms with van der Waals surface area (Å²) in [7, 11) is 1.68. The molecule has 0 spiro atoms. The molecule has 1 heterocycles. The first-order chi connectivity index (χ1) is 15.6. The first-order valence-electron chi connectivity index (χ1n) is 11.3. The minimum atomic E-state index is -0.598. The first kappa shape index (κ1) is 24.3. The van der Waals surface area contributed by atoms with Crippen molar-refractivity contribution in [1.29, 1.82) is 0 Å². The smallest absolute Gasteiger partial charge is 0.407 e. The number of ether oxygens (including phenoxy) is 1. The largest absolute Gasteiger partial charge is 0.441 e. The van der Waals surface area contributed by atoms with Gasteiger partial charge in [-0.1, -0.05) is 51.1 Å². The number of rotatable bonds is 3. The lowest BCUT2D eigenvalue weighted by Gasteiger charge is -2.25. The van der Waals surface area contributed by atoms with E-state index in [-0.39, 0.29) is 30.3 Å². The third-order valence-corrected chi connectivity index (χ3v) is 5.86. The number of hydrogen-bond donors (Lipinski definition) is 1. The Labute approximate surface area is 195 Å². The Morgan fingerprint density at radius 2 is 1.76 bits per heavy atom. The predicted molar refractivity (Wildman–Crippen MR) is 128 cm³/mol. The van der Waals surface area contributed by atoms with E-state index < -0.39 is 12.2 Å². The molecule has 2 aromatic rings. The summed E-state index contributed by atoms with van der Waals surface area (Å²) in [6.45, 7) is 8.83. The van der Waals surface area contributed by atoms with Crippen LogP contribution in [0.2, 0.25) is 0 Å². The number of benzene rings is 2. The van der Waals surface area contributed by atoms with Gasteiger partial charge in [-0.3, -0.25) is 9.59 Å². The van der Waals surface area contributed by atoms with Crippen LogP contribution in [0.1, 0.15) is 61.7 Å². The minimum absolute atomic E-state index is 0.0197. The van der Waals surface area contributed by atoms with Gasteiger partial charge in [0.15, 0.2) is 0 Å². The molecule has 176 valence electrons. The summed E-state index contributed by atoms with van der Waals surface area (Å²) in [6.07, 6.45) is -0.748. The Morgan fingerprint density at radius 3 is 2.39 bits per heavy atom. The lowest BCUT2D eigenvalue weighted by Crippen LogP contribution is -2.41. The fourth-order valence-electron chi connectivity index (χ4n) is 3.88. The standard InChI is InChI=1S/C26H33N3O4/c1-6-27-25(32)33-22-15-16-29(17-23(30)28(5)21-10-8-7-9-20(21)22)24(31)18-11-13-19(14-12-18)26(2,3)4/h7-14,22H,6,15-17H2,1-5H3,(H,27,32). The van der Waals surface area contributed by atoms with E-state index in [0.29, 0.717) is 24.2 Å². The third kappa shape index (κ3) is 5.72. The molecule has 0 fully saturated rings. The topological polar surface area (TPSA) is 79.0 Å². The fourth-order valence-corrected chi connectivity index (χ4v) is 3.88. The lowest BCUT2D eigenvalue weighted by molar-refractivity contribution is -0.119. The molecule has 7 nitrogen and oxygen atoms in total. The van der Waals surface area contributed by atoms with Gasteiger partial charge in [0.2, 0.25) is 5.91 Å². The number of fused-ring (bicyclic) bond motifs is 1. The van der Waals surface area contributed by atoms with E-state index in [4.69, 9.17) is 4.74 Å². The summed E-state index contributed by atoms with van der Waals surface area (Å²) in [6, 6.07) is 14.9. The normalized spacial score (nSPS) is 16.9. The monoisotopic (exact) mass is 451 g/mol. The van der Waals surface area contributed by atoms with Crippen molar-refractivity contribution in [3.8, 4) is 0 Å². The molecular weight excluding hydrogens is 418 g/mol. The number of para-hydroxylation sites is 1. The highest BCUT2D eigenvalue weighted by Crippen LogP contribution is 2.32. The van der Waals surface area contributed by atoms with Gasteiger partial charge in [0.25, 0.3) is 5.91 Å². The molecule has 2 aromatic carbocycles. The summed E-state index contributed by atoms with van der Waals surface area (Å²) in [5, 5.41) is 2.65. The molecule has 3 rings (SSSR count). The molecule has 0 saturated carbocycles. The maximum absolute atomic E-state index is 13.3. The van der Waals surface area contributed by atoms with Crippen LogP contribution < -0.4 is 10.2 Å². The number of likely N-dealkylation sites (N-methyl/N-ethyl adjacent to an activating group) is 1. The number of nitrogens with zero attached hydrogens (tertiary/aromatic N) is 2. The van der Waals surface area contributed by atoms with Crippen molar-refractivity contribution in [2.75, 3.05) is 31.6 Å². The average molecular weight is 452 g/mol. The van der Waals surface area contributed by atoms with Gasteiger partial charge in [-0.2, -0.15) is 0 Å². The van der Waals surface area contributed by atoms with Crippen LogP contribution in [0.3, 0.4) is 0 Å². The zero-order chi connectivity index (χ0) is 24.2. The number of carbonyl (C=O) groups is 3. The summed E-state index contributed by atoms with van der Waals surface area (Å²) in [4.78, 5) is 41.7. The number of anilines is 1. The van der Waals surface area contributed by atoms with Gasteiger partial charge < -0.3 is 19.9 Å². The molecule has 1 aliphatic heterocycles. The van der Waals surface area contributed by atoms with Gasteiger partial charge in [0.05, 0.1) is 5.69 Å². The van der Waals surface area contributed by atoms with E-state index in [1.807, 2.05) is 43.3 Å². The second-order valence-corrected chi connectivity index (χ2v) is 9.28. The van der Waals surface area contributed by atoms with E-state index >= 15 is 0 Å². The SMILES string of the molecule is CCNC(=O)OC1CCN(C(=O)c2ccc(C(C)(C)C)cc2)CC(=O)N(C)c2ccccc21. The van der Waals surface area contributed by atoms with Crippen LogP contribution in [0, 0.1) is 0 Å². The molecule has 0 aliphatic carbocycles. The maximum atomic E-state index is 13.3. The minimum Gasteiger partial charge on any atom is -0.441 e. The molecular formula is C26H33N3O4. The molecule has 1 aliphatic rings. The van der Waals surface area contributed by atoms with Gasteiger partial charge in [-0.05, 0) is 36.1 Å². The summed E-state index contributed by atoms with van der Waals surface area (Å²) >= 11 is 0. The molecule has 0 saturated heterocycles. The van der Waals surface area contributed by atoms with Gasteiger partial charge in [0, 0.05) is 37.7 Å². The molecule has 0 aromatic heterocycles. The molecule has 7 heteroatoms. The lowest BCUT2D eigenvalue weighted by atomic mass is 9.86. The Balaban J connectivity index is 1.90.